The summed E-state index contributed by atoms with van der Waals surface area (Å²) in [5, 5.41) is 0. The van der Waals surface area contributed by atoms with Crippen LogP contribution in [-0.2, 0) is 6.42 Å². The summed E-state index contributed by atoms with van der Waals surface area (Å²) in [6.45, 7) is 2.17. The number of aromatic amines is 1. The van der Waals surface area contributed by atoms with Gasteiger partial charge in [-0.1, -0.05) is 18.2 Å². The average molecular weight is 412 g/mol. The second kappa shape index (κ2) is 7.60. The molecule has 0 bridgehead atoms. The summed E-state index contributed by atoms with van der Waals surface area (Å²) in [5.74, 6) is 1.72. The summed E-state index contributed by atoms with van der Waals surface area (Å²) < 4.78 is 11.0. The predicted octanol–water partition coefficient (Wildman–Crippen LogP) is 3.87. The molecule has 7 heteroatoms. The Labute approximate surface area is 178 Å². The molecule has 0 atom stereocenters. The average Bonchev–Trinajstić information content (AvgIpc) is 3.40. The van der Waals surface area contributed by atoms with Crippen molar-refractivity contribution in [2.75, 3.05) is 6.79 Å². The van der Waals surface area contributed by atoms with Crippen molar-refractivity contribution in [1.82, 2.24) is 15.0 Å². The molecule has 0 spiro atoms. The van der Waals surface area contributed by atoms with Gasteiger partial charge < -0.3 is 20.2 Å². The van der Waals surface area contributed by atoms with E-state index in [2.05, 4.69) is 9.97 Å². The Morgan fingerprint density at radius 2 is 1.87 bits per heavy atom. The third-order valence-electron chi connectivity index (χ3n) is 5.13. The van der Waals surface area contributed by atoms with E-state index in [0.29, 0.717) is 17.7 Å². The van der Waals surface area contributed by atoms with Crippen LogP contribution in [-0.4, -0.2) is 27.7 Å². The van der Waals surface area contributed by atoms with Gasteiger partial charge in [0.25, 0.3) is 0 Å². The first kappa shape index (κ1) is 18.9. The number of H-pyrrole nitrogens is 1. The van der Waals surface area contributed by atoms with E-state index in [-0.39, 0.29) is 6.79 Å². The number of amides is 1. The number of aryl methyl sites for hydroxylation is 1. The normalized spacial score (nSPS) is 12.2. The largest absolute Gasteiger partial charge is 0.454 e. The zero-order valence-electron chi connectivity index (χ0n) is 16.9. The van der Waals surface area contributed by atoms with Crippen molar-refractivity contribution < 1.29 is 14.3 Å². The molecule has 0 saturated carbocycles. The van der Waals surface area contributed by atoms with E-state index >= 15 is 0 Å². The quantitative estimate of drug-likeness (QED) is 0.518. The molecule has 31 heavy (non-hydrogen) atoms. The topological polar surface area (TPSA) is 103 Å². The monoisotopic (exact) mass is 412 g/mol. The number of fused-ring (bicyclic) bond motifs is 1. The van der Waals surface area contributed by atoms with Crippen LogP contribution in [0.15, 0.2) is 60.7 Å². The van der Waals surface area contributed by atoms with E-state index < -0.39 is 5.91 Å². The Morgan fingerprint density at radius 1 is 1.03 bits per heavy atom. The highest BCUT2D eigenvalue weighted by Crippen LogP contribution is 2.38. The Balaban J connectivity index is 1.58. The molecular formula is C24H20N4O3. The first-order valence-corrected chi connectivity index (χ1v) is 9.88. The van der Waals surface area contributed by atoms with Crippen LogP contribution in [0.25, 0.3) is 22.6 Å². The molecule has 7 nitrogen and oxygen atoms in total. The molecule has 3 heterocycles. The van der Waals surface area contributed by atoms with Gasteiger partial charge in [0.05, 0.1) is 17.1 Å². The Morgan fingerprint density at radius 3 is 2.71 bits per heavy atom. The molecule has 4 aromatic rings. The van der Waals surface area contributed by atoms with Crippen LogP contribution in [0, 0.1) is 6.92 Å². The number of pyridine rings is 1. The lowest BCUT2D eigenvalue weighted by Gasteiger charge is -2.04. The van der Waals surface area contributed by atoms with Crippen LogP contribution in [0.3, 0.4) is 0 Å². The molecule has 2 aromatic heterocycles. The molecule has 2 aromatic carbocycles. The highest BCUT2D eigenvalue weighted by Gasteiger charge is 2.20. The SMILES string of the molecule is Cc1cccc(-c2[nH]c(Cc3cccc(C(N)=O)c3)nc2-c2ccc3c(c2)OCO3)n1. The highest BCUT2D eigenvalue weighted by molar-refractivity contribution is 5.92. The van der Waals surface area contributed by atoms with Gasteiger partial charge in [0, 0.05) is 23.2 Å². The Hall–Kier alpha value is -4.13. The van der Waals surface area contributed by atoms with Crippen molar-refractivity contribution in [2.24, 2.45) is 5.73 Å². The number of hydrogen-bond donors (Lipinski definition) is 2. The number of nitrogens with zero attached hydrogens (tertiary/aromatic N) is 2. The van der Waals surface area contributed by atoms with Crippen molar-refractivity contribution in [3.8, 4) is 34.1 Å². The van der Waals surface area contributed by atoms with Crippen molar-refractivity contribution in [3.63, 3.8) is 0 Å². The van der Waals surface area contributed by atoms with Crippen LogP contribution in [0.2, 0.25) is 0 Å². The summed E-state index contributed by atoms with van der Waals surface area (Å²) in [6, 6.07) is 18.9. The highest BCUT2D eigenvalue weighted by atomic mass is 16.7. The molecule has 1 aliphatic rings. The molecular weight excluding hydrogens is 392 g/mol. The molecule has 0 radical (unpaired) electrons. The van der Waals surface area contributed by atoms with Crippen LogP contribution < -0.4 is 15.2 Å². The number of nitrogens with one attached hydrogen (secondary N) is 1. The number of hydrogen-bond acceptors (Lipinski definition) is 5. The van der Waals surface area contributed by atoms with Gasteiger partial charge in [0.1, 0.15) is 5.82 Å². The van der Waals surface area contributed by atoms with Crippen molar-refractivity contribution in [2.45, 2.75) is 13.3 Å². The minimum absolute atomic E-state index is 0.215. The summed E-state index contributed by atoms with van der Waals surface area (Å²) in [5.41, 5.74) is 11.0. The summed E-state index contributed by atoms with van der Waals surface area (Å²) in [7, 11) is 0. The summed E-state index contributed by atoms with van der Waals surface area (Å²) in [6.07, 6.45) is 0.518. The van der Waals surface area contributed by atoms with Crippen LogP contribution in [0.5, 0.6) is 11.5 Å². The standard InChI is InChI=1S/C24H20N4O3/c1-14-4-2-7-18(26-14)23-22(16-8-9-19-20(12-16)31-13-30-19)27-21(28-23)11-15-5-3-6-17(10-15)24(25)29/h2-10,12H,11,13H2,1H3,(H2,25,29)(H,27,28). The van der Waals surface area contributed by atoms with Gasteiger partial charge in [0.15, 0.2) is 11.5 Å². The van der Waals surface area contributed by atoms with E-state index in [1.165, 1.54) is 0 Å². The number of ether oxygens (including phenoxy) is 2. The van der Waals surface area contributed by atoms with Gasteiger partial charge in [-0.25, -0.2) is 4.98 Å². The number of benzene rings is 2. The molecule has 0 saturated heterocycles. The van der Waals surface area contributed by atoms with E-state index in [1.54, 1.807) is 12.1 Å². The molecule has 0 fully saturated rings. The maximum absolute atomic E-state index is 11.5. The lowest BCUT2D eigenvalue weighted by molar-refractivity contribution is 0.1000. The van der Waals surface area contributed by atoms with Gasteiger partial charge in [-0.2, -0.15) is 0 Å². The molecule has 154 valence electrons. The minimum Gasteiger partial charge on any atom is -0.454 e. The maximum Gasteiger partial charge on any atom is 0.248 e. The summed E-state index contributed by atoms with van der Waals surface area (Å²) in [4.78, 5) is 24.5. The van der Waals surface area contributed by atoms with Crippen LogP contribution >= 0.6 is 0 Å². The maximum atomic E-state index is 11.5. The zero-order chi connectivity index (χ0) is 21.4. The number of aromatic nitrogens is 3. The van der Waals surface area contributed by atoms with E-state index in [9.17, 15) is 4.79 Å². The third kappa shape index (κ3) is 3.73. The first-order valence-electron chi connectivity index (χ1n) is 9.88. The number of imidazole rings is 1. The fraction of sp³-hybridized carbons (Fsp3) is 0.125. The van der Waals surface area contributed by atoms with Crippen molar-refractivity contribution in [1.29, 1.82) is 0 Å². The molecule has 1 aliphatic heterocycles. The van der Waals surface area contributed by atoms with Crippen LogP contribution in [0.1, 0.15) is 27.4 Å². The molecule has 0 aliphatic carbocycles. The van der Waals surface area contributed by atoms with Gasteiger partial charge in [-0.05, 0) is 55.0 Å². The van der Waals surface area contributed by atoms with Gasteiger partial charge in [-0.3, -0.25) is 9.78 Å². The molecule has 3 N–H and O–H groups in total. The number of nitrogens with two attached hydrogens (primary N) is 1. The third-order valence-corrected chi connectivity index (χ3v) is 5.13. The number of carbonyl (C=O) groups is 1. The lowest BCUT2D eigenvalue weighted by Crippen LogP contribution is -2.11. The molecule has 1 amide bonds. The Bertz CT molecular complexity index is 1300. The summed E-state index contributed by atoms with van der Waals surface area (Å²) >= 11 is 0. The smallest absolute Gasteiger partial charge is 0.248 e. The zero-order valence-corrected chi connectivity index (χ0v) is 16.9. The van der Waals surface area contributed by atoms with Crippen LogP contribution in [0.4, 0.5) is 0 Å². The first-order chi connectivity index (χ1) is 15.1. The number of rotatable bonds is 5. The number of primary amides is 1. The minimum atomic E-state index is -0.452. The van der Waals surface area contributed by atoms with Crippen molar-refractivity contribution in [3.05, 3.63) is 83.3 Å². The van der Waals surface area contributed by atoms with Gasteiger partial charge in [-0.15, -0.1) is 0 Å². The fourth-order valence-electron chi connectivity index (χ4n) is 3.65. The van der Waals surface area contributed by atoms with E-state index in [4.69, 9.17) is 20.2 Å². The fourth-order valence-corrected chi connectivity index (χ4v) is 3.65. The predicted molar refractivity (Wildman–Crippen MR) is 116 cm³/mol. The van der Waals surface area contributed by atoms with Gasteiger partial charge >= 0.3 is 0 Å². The second-order valence-corrected chi connectivity index (χ2v) is 7.38. The van der Waals surface area contributed by atoms with Gasteiger partial charge in [0.2, 0.25) is 12.7 Å². The number of carbonyl (C=O) groups excluding carboxylic acids is 1. The molecule has 5 rings (SSSR count). The Kier molecular flexibility index (Phi) is 4.63. The van der Waals surface area contributed by atoms with E-state index in [0.717, 1.165) is 45.5 Å². The van der Waals surface area contributed by atoms with Crippen molar-refractivity contribution >= 4 is 5.91 Å². The second-order valence-electron chi connectivity index (χ2n) is 7.38. The molecule has 0 unspecified atom stereocenters. The van der Waals surface area contributed by atoms with E-state index in [1.807, 2.05) is 55.5 Å². The lowest BCUT2D eigenvalue weighted by atomic mass is 10.1.